The fraction of sp³-hybridized carbons (Fsp3) is 0.235. The highest BCUT2D eigenvalue weighted by atomic mass is 79.9. The van der Waals surface area contributed by atoms with Crippen LogP contribution in [0.1, 0.15) is 5.56 Å². The molecule has 2 aromatic rings. The number of nitrogens with zero attached hydrogens (tertiary/aromatic N) is 7. The summed E-state index contributed by atoms with van der Waals surface area (Å²) < 4.78 is 6.17. The number of rotatable bonds is 7. The first-order valence-electron chi connectivity index (χ1n) is 8.23. The summed E-state index contributed by atoms with van der Waals surface area (Å²) in [5, 5.41) is 9.78. The van der Waals surface area contributed by atoms with E-state index in [0.717, 1.165) is 15.7 Å². The topological polar surface area (TPSA) is 139 Å². The molecule has 0 aromatic heterocycles. The molecule has 142 valence electrons. The lowest BCUT2D eigenvalue weighted by Crippen LogP contribution is -2.49. The van der Waals surface area contributed by atoms with E-state index in [2.05, 4.69) is 41.3 Å². The number of nitrogens with one attached hydrogen (secondary N) is 1. The van der Waals surface area contributed by atoms with Crippen molar-refractivity contribution in [2.75, 3.05) is 23.5 Å². The number of fused-ring (bicyclic) bond motifs is 1. The molecule has 1 N–H and O–H groups in total. The van der Waals surface area contributed by atoms with Gasteiger partial charge in [0, 0.05) is 20.8 Å². The van der Waals surface area contributed by atoms with E-state index in [1.807, 2.05) is 35.2 Å². The zero-order valence-electron chi connectivity index (χ0n) is 14.6. The third kappa shape index (κ3) is 4.47. The van der Waals surface area contributed by atoms with Crippen molar-refractivity contribution < 1.29 is 9.53 Å². The summed E-state index contributed by atoms with van der Waals surface area (Å²) in [6, 6.07) is 12.2. The summed E-state index contributed by atoms with van der Waals surface area (Å²) in [5.74, 6) is 0.345. The molecule has 1 amide bonds. The van der Waals surface area contributed by atoms with E-state index in [9.17, 15) is 4.79 Å². The smallest absolute Gasteiger partial charge is 0.247 e. The number of halogens is 1. The third-order valence-electron chi connectivity index (χ3n) is 4.15. The average molecular weight is 443 g/mol. The molecule has 0 saturated heterocycles. The molecule has 0 fully saturated rings. The van der Waals surface area contributed by atoms with Gasteiger partial charge in [-0.15, -0.1) is 0 Å². The summed E-state index contributed by atoms with van der Waals surface area (Å²) in [6.45, 7) is 0.360. The minimum absolute atomic E-state index is 0.0155. The Kier molecular flexibility index (Phi) is 6.23. The molecule has 1 atom stereocenters. The molecule has 0 radical (unpaired) electrons. The van der Waals surface area contributed by atoms with Crippen molar-refractivity contribution in [3.63, 3.8) is 0 Å². The lowest BCUT2D eigenvalue weighted by atomic mass is 10.1. The van der Waals surface area contributed by atoms with Crippen molar-refractivity contribution in [3.05, 3.63) is 73.4 Å². The fourth-order valence-corrected chi connectivity index (χ4v) is 3.23. The van der Waals surface area contributed by atoms with Gasteiger partial charge in [-0.2, -0.15) is 0 Å². The van der Waals surface area contributed by atoms with Gasteiger partial charge < -0.3 is 15.0 Å². The summed E-state index contributed by atoms with van der Waals surface area (Å²) in [6.07, 6.45) is 0. The normalized spacial score (nSPS) is 15.0. The van der Waals surface area contributed by atoms with Crippen LogP contribution in [-0.4, -0.2) is 25.2 Å². The van der Waals surface area contributed by atoms with E-state index in [1.54, 1.807) is 12.1 Å². The van der Waals surface area contributed by atoms with E-state index < -0.39 is 6.04 Å². The van der Waals surface area contributed by atoms with Gasteiger partial charge >= 0.3 is 0 Å². The second-order valence-electron chi connectivity index (χ2n) is 5.86. The van der Waals surface area contributed by atoms with Gasteiger partial charge in [0.05, 0.1) is 17.9 Å². The highest BCUT2D eigenvalue weighted by Gasteiger charge is 2.32. The Hall–Kier alpha value is -3.39. The zero-order valence-corrected chi connectivity index (χ0v) is 16.2. The molecular formula is C17H15BrN8O2. The molecular weight excluding hydrogens is 428 g/mol. The standard InChI is InChI=1S/C17H15BrN8O2/c18-12-3-6-14-15(7-12)26(16(8-21-24-19)17(27)23-14)9-11-1-4-13(5-2-11)28-10-22-25-20/h1-7,16H,8-10H2,(H,23,27)/t16-/m1/s1. The summed E-state index contributed by atoms with van der Waals surface area (Å²) in [7, 11) is 0. The number of azide groups is 2. The highest BCUT2D eigenvalue weighted by molar-refractivity contribution is 9.10. The Balaban J connectivity index is 1.87. The predicted molar refractivity (Wildman–Crippen MR) is 108 cm³/mol. The summed E-state index contributed by atoms with van der Waals surface area (Å²) in [5.41, 5.74) is 19.4. The lowest BCUT2D eigenvalue weighted by Gasteiger charge is -2.37. The molecule has 0 unspecified atom stereocenters. The molecule has 1 aliphatic rings. The first-order chi connectivity index (χ1) is 13.6. The number of benzene rings is 2. The molecule has 0 bridgehead atoms. The Morgan fingerprint density at radius 1 is 1.14 bits per heavy atom. The number of anilines is 2. The summed E-state index contributed by atoms with van der Waals surface area (Å²) in [4.78, 5) is 19.9. The molecule has 28 heavy (non-hydrogen) atoms. The number of carbonyl (C=O) groups excluding carboxylic acids is 1. The molecule has 0 saturated carbocycles. The maximum Gasteiger partial charge on any atom is 0.247 e. The van der Waals surface area contributed by atoms with E-state index in [0.29, 0.717) is 18.0 Å². The van der Waals surface area contributed by atoms with E-state index in [4.69, 9.17) is 15.8 Å². The second kappa shape index (κ2) is 9.01. The molecule has 1 heterocycles. The van der Waals surface area contributed by atoms with E-state index >= 15 is 0 Å². The third-order valence-corrected chi connectivity index (χ3v) is 4.65. The van der Waals surface area contributed by atoms with E-state index in [1.165, 1.54) is 0 Å². The second-order valence-corrected chi connectivity index (χ2v) is 6.77. The van der Waals surface area contributed by atoms with Gasteiger partial charge in [0.25, 0.3) is 0 Å². The zero-order chi connectivity index (χ0) is 19.9. The molecule has 10 nitrogen and oxygen atoms in total. The van der Waals surface area contributed by atoms with Gasteiger partial charge in [0.15, 0.2) is 6.73 Å². The van der Waals surface area contributed by atoms with Crippen molar-refractivity contribution in [2.45, 2.75) is 12.6 Å². The number of hydrogen-bond donors (Lipinski definition) is 1. The van der Waals surface area contributed by atoms with Crippen LogP contribution in [-0.2, 0) is 11.3 Å². The molecule has 11 heteroatoms. The number of carbonyl (C=O) groups is 1. The first kappa shape index (κ1) is 19.4. The number of ether oxygens (including phenoxy) is 1. The van der Waals surface area contributed by atoms with Crippen LogP contribution in [0.25, 0.3) is 20.9 Å². The van der Waals surface area contributed by atoms with Crippen LogP contribution in [0, 0.1) is 0 Å². The Morgan fingerprint density at radius 3 is 2.61 bits per heavy atom. The maximum absolute atomic E-state index is 12.5. The van der Waals surface area contributed by atoms with Crippen LogP contribution in [0.3, 0.4) is 0 Å². The Morgan fingerprint density at radius 2 is 1.89 bits per heavy atom. The van der Waals surface area contributed by atoms with Gasteiger partial charge in [0.1, 0.15) is 11.8 Å². The van der Waals surface area contributed by atoms with Crippen molar-refractivity contribution in [1.82, 2.24) is 0 Å². The maximum atomic E-state index is 12.5. The van der Waals surface area contributed by atoms with Crippen LogP contribution in [0.5, 0.6) is 5.75 Å². The number of hydrogen-bond acceptors (Lipinski definition) is 5. The molecule has 0 spiro atoms. The number of amides is 1. The van der Waals surface area contributed by atoms with Crippen molar-refractivity contribution in [2.24, 2.45) is 10.2 Å². The highest BCUT2D eigenvalue weighted by Crippen LogP contribution is 2.35. The van der Waals surface area contributed by atoms with Gasteiger partial charge in [-0.05, 0) is 47.0 Å². The Labute approximate surface area is 168 Å². The van der Waals surface area contributed by atoms with Crippen molar-refractivity contribution >= 4 is 33.2 Å². The van der Waals surface area contributed by atoms with Crippen LogP contribution in [0.2, 0.25) is 0 Å². The van der Waals surface area contributed by atoms with Gasteiger partial charge in [-0.3, -0.25) is 4.79 Å². The first-order valence-corrected chi connectivity index (χ1v) is 9.02. The monoisotopic (exact) mass is 442 g/mol. The van der Waals surface area contributed by atoms with Crippen LogP contribution in [0.4, 0.5) is 11.4 Å². The summed E-state index contributed by atoms with van der Waals surface area (Å²) >= 11 is 3.46. The predicted octanol–water partition coefficient (Wildman–Crippen LogP) is 4.73. The van der Waals surface area contributed by atoms with Crippen LogP contribution >= 0.6 is 15.9 Å². The van der Waals surface area contributed by atoms with Crippen molar-refractivity contribution in [1.29, 1.82) is 0 Å². The average Bonchev–Trinajstić information content (AvgIpc) is 2.69. The van der Waals surface area contributed by atoms with Gasteiger partial charge in [-0.1, -0.05) is 38.3 Å². The SMILES string of the molecule is [N-]=[N+]=NCOc1ccc(CN2c3cc(Br)ccc3NC(=O)[C@H]2CN=[N+]=[N-])cc1. The van der Waals surface area contributed by atoms with Gasteiger partial charge in [-0.25, -0.2) is 0 Å². The quantitative estimate of drug-likeness (QED) is 0.376. The Bertz CT molecular complexity index is 968. The van der Waals surface area contributed by atoms with E-state index in [-0.39, 0.29) is 19.2 Å². The minimum Gasteiger partial charge on any atom is -0.488 e. The minimum atomic E-state index is -0.626. The van der Waals surface area contributed by atoms with Crippen LogP contribution < -0.4 is 15.0 Å². The molecule has 3 rings (SSSR count). The molecule has 2 aromatic carbocycles. The molecule has 1 aliphatic heterocycles. The van der Waals surface area contributed by atoms with Crippen molar-refractivity contribution in [3.8, 4) is 5.75 Å². The van der Waals surface area contributed by atoms with Crippen LogP contribution in [0.15, 0.2) is 57.2 Å². The lowest BCUT2D eigenvalue weighted by molar-refractivity contribution is -0.117. The fourth-order valence-electron chi connectivity index (χ4n) is 2.88. The van der Waals surface area contributed by atoms with Gasteiger partial charge in [0.2, 0.25) is 5.91 Å². The molecule has 0 aliphatic carbocycles. The largest absolute Gasteiger partial charge is 0.488 e.